The summed E-state index contributed by atoms with van der Waals surface area (Å²) in [5.41, 5.74) is -1.34. The highest BCUT2D eigenvalue weighted by molar-refractivity contribution is 7.92. The largest absolute Gasteiger partial charge is 0.459 e. The Bertz CT molecular complexity index is 646. The van der Waals surface area contributed by atoms with E-state index in [0.29, 0.717) is 32.0 Å². The molecule has 0 aromatic heterocycles. The van der Waals surface area contributed by atoms with Crippen molar-refractivity contribution in [3.05, 3.63) is 12.2 Å². The molecule has 0 amide bonds. The number of likely N-dealkylation sites (N-methyl/N-ethyl adjacent to an activating group) is 1. The van der Waals surface area contributed by atoms with Gasteiger partial charge in [-0.15, -0.1) is 0 Å². The summed E-state index contributed by atoms with van der Waals surface area (Å²) in [6.07, 6.45) is 4.80. The van der Waals surface area contributed by atoms with Gasteiger partial charge in [0.05, 0.1) is 0 Å². The van der Waals surface area contributed by atoms with Crippen molar-refractivity contribution in [3.8, 4) is 0 Å². The van der Waals surface area contributed by atoms with Crippen molar-refractivity contribution in [2.75, 3.05) is 33.4 Å². The zero-order valence-electron chi connectivity index (χ0n) is 21.5. The first-order valence-electron chi connectivity index (χ1n) is 12.3. The van der Waals surface area contributed by atoms with Crippen LogP contribution in [0.4, 0.5) is 13.2 Å². The number of allylic oxidation sites excluding steroid dienone is 2. The lowest BCUT2D eigenvalue weighted by molar-refractivity contribution is -0.172. The predicted molar refractivity (Wildman–Crippen MR) is 138 cm³/mol. The van der Waals surface area contributed by atoms with Crippen molar-refractivity contribution in [1.29, 1.82) is 0 Å². The third-order valence-corrected chi connectivity index (χ3v) is 7.12. The van der Waals surface area contributed by atoms with Crippen LogP contribution in [-0.4, -0.2) is 66.0 Å². The first-order valence-corrected chi connectivity index (χ1v) is 13.0. The van der Waals surface area contributed by atoms with E-state index < -0.39 is 23.7 Å². The quantitative estimate of drug-likeness (QED) is 0.101. The third kappa shape index (κ3) is 12.1. The Morgan fingerprint density at radius 1 is 1.14 bits per heavy atom. The minimum absolute atomic E-state index is 0. The van der Waals surface area contributed by atoms with E-state index in [1.54, 1.807) is 6.08 Å². The summed E-state index contributed by atoms with van der Waals surface area (Å²) < 4.78 is 55.5. The van der Waals surface area contributed by atoms with Crippen LogP contribution in [0.3, 0.4) is 0 Å². The van der Waals surface area contributed by atoms with Gasteiger partial charge in [0.1, 0.15) is 23.4 Å². The van der Waals surface area contributed by atoms with E-state index in [1.807, 2.05) is 43.3 Å². The van der Waals surface area contributed by atoms with Crippen molar-refractivity contribution in [2.24, 2.45) is 5.92 Å². The first kappa shape index (κ1) is 32.6. The molecule has 0 aromatic rings. The van der Waals surface area contributed by atoms with Gasteiger partial charge in [-0.1, -0.05) is 18.6 Å². The van der Waals surface area contributed by atoms with Crippen LogP contribution in [0, 0.1) is 5.92 Å². The highest BCUT2D eigenvalue weighted by Crippen LogP contribution is 2.36. The average molecular weight is 545 g/mol. The normalized spacial score (nSPS) is 20.2. The summed E-state index contributed by atoms with van der Waals surface area (Å²) in [6.45, 7) is 8.26. The van der Waals surface area contributed by atoms with E-state index in [2.05, 4.69) is 0 Å². The highest BCUT2D eigenvalue weighted by Gasteiger charge is 2.47. The van der Waals surface area contributed by atoms with Crippen molar-refractivity contribution >= 4 is 31.7 Å². The molecule has 0 spiro atoms. The summed E-state index contributed by atoms with van der Waals surface area (Å²) in [7, 11) is 1.87. The maximum atomic E-state index is 13.0. The van der Waals surface area contributed by atoms with E-state index in [0.717, 1.165) is 45.2 Å². The number of unbranched alkanes of at least 4 members (excludes halogenated alkanes) is 1. The molecule has 0 bridgehead atoms. The fourth-order valence-electron chi connectivity index (χ4n) is 4.18. The molecular formula is C24H43F3N2O4S2. The molecule has 0 N–H and O–H groups in total. The van der Waals surface area contributed by atoms with E-state index in [-0.39, 0.29) is 25.9 Å². The topological polar surface area (TPSA) is 51.2 Å². The molecule has 0 atom stereocenters. The highest BCUT2D eigenvalue weighted by atomic mass is 32.2. The molecular weight excluding hydrogens is 501 g/mol. The molecule has 2 heterocycles. The number of carbonyl (C=O) groups is 1. The molecule has 0 aliphatic carbocycles. The molecule has 2 rings (SSSR count). The second kappa shape index (κ2) is 15.1. The Kier molecular flexibility index (Phi) is 14.0. The Labute approximate surface area is 220 Å². The van der Waals surface area contributed by atoms with Crippen LogP contribution in [0.25, 0.3) is 0 Å². The lowest BCUT2D eigenvalue weighted by atomic mass is 9.90. The summed E-state index contributed by atoms with van der Waals surface area (Å²) in [5, 5.41) is 1.94. The smallest absolute Gasteiger partial charge is 0.389 e. The van der Waals surface area contributed by atoms with Crippen LogP contribution in [0.1, 0.15) is 78.6 Å². The van der Waals surface area contributed by atoms with Gasteiger partial charge in [-0.25, -0.2) is 13.4 Å². The molecule has 2 fully saturated rings. The van der Waals surface area contributed by atoms with Gasteiger partial charge in [0, 0.05) is 52.6 Å². The Balaban J connectivity index is 0.00000612. The number of carbonyl (C=O) groups excluding carboxylic acids is 1. The van der Waals surface area contributed by atoms with Crippen LogP contribution in [0.15, 0.2) is 12.2 Å². The molecule has 6 nitrogen and oxygen atoms in total. The number of ether oxygens (including phenoxy) is 2. The molecule has 0 saturated carbocycles. The van der Waals surface area contributed by atoms with Gasteiger partial charge in [0.15, 0.2) is 0 Å². The van der Waals surface area contributed by atoms with Gasteiger partial charge >= 0.3 is 12.1 Å². The van der Waals surface area contributed by atoms with Gasteiger partial charge in [0.2, 0.25) is 0 Å². The molecule has 0 aromatic carbocycles. The number of rotatable bonds is 11. The van der Waals surface area contributed by atoms with Crippen LogP contribution in [0.5, 0.6) is 0 Å². The van der Waals surface area contributed by atoms with E-state index in [4.69, 9.17) is 13.8 Å². The fourth-order valence-corrected chi connectivity index (χ4v) is 4.92. The Morgan fingerprint density at radius 3 is 2.31 bits per heavy atom. The minimum Gasteiger partial charge on any atom is -0.459 e. The first-order chi connectivity index (χ1) is 15.9. The summed E-state index contributed by atoms with van der Waals surface area (Å²) in [4.78, 5) is 13.0. The van der Waals surface area contributed by atoms with E-state index in [9.17, 15) is 18.0 Å². The average Bonchev–Trinajstić information content (AvgIpc) is 2.76. The molecule has 2 saturated heterocycles. The number of esters is 1. The second-order valence-corrected chi connectivity index (χ2v) is 11.1. The van der Waals surface area contributed by atoms with E-state index in [1.165, 1.54) is 12.2 Å². The SMILES string of the molecule is CN(SON1CCC(CCC/C=C/CCC(F)(F)F)CC1)C1(C(=O)OC(C)(C)C)CCOCC1.S. The third-order valence-electron chi connectivity index (χ3n) is 6.27. The number of halogens is 3. The monoisotopic (exact) mass is 544 g/mol. The van der Waals surface area contributed by atoms with Crippen molar-refractivity contribution in [2.45, 2.75) is 95.9 Å². The van der Waals surface area contributed by atoms with Crippen molar-refractivity contribution in [1.82, 2.24) is 9.37 Å². The molecule has 11 heteroatoms. The number of nitrogens with zero attached hydrogens (tertiary/aromatic N) is 2. The number of hydroxylamine groups is 2. The number of alkyl halides is 3. The summed E-state index contributed by atoms with van der Waals surface area (Å²) in [6, 6.07) is 0. The minimum atomic E-state index is -4.07. The number of hydrogen-bond acceptors (Lipinski definition) is 7. The summed E-state index contributed by atoms with van der Waals surface area (Å²) in [5.74, 6) is 0.364. The fraction of sp³-hybridized carbons (Fsp3) is 0.875. The van der Waals surface area contributed by atoms with Crippen LogP contribution in [-0.2, 0) is 18.6 Å². The zero-order chi connectivity index (χ0) is 25.2. The van der Waals surface area contributed by atoms with Crippen molar-refractivity contribution < 1.29 is 31.7 Å². The van der Waals surface area contributed by atoms with Gasteiger partial charge in [-0.3, -0.25) is 0 Å². The standard InChI is InChI=1S/C24H41F3N2O4S.H2S/c1-22(2,3)32-21(30)23(14-18-31-19-15-23)28(4)34-33-29-16-11-20(12-17-29)10-8-6-5-7-9-13-24(25,26)27;/h5,7,20H,6,8-19H2,1-4H3;1H2/b7-5+;. The van der Waals surface area contributed by atoms with Crippen molar-refractivity contribution in [3.63, 3.8) is 0 Å². The zero-order valence-corrected chi connectivity index (χ0v) is 23.3. The van der Waals surface area contributed by atoms with Gasteiger partial charge < -0.3 is 9.47 Å². The van der Waals surface area contributed by atoms with Crippen LogP contribution >= 0.6 is 25.7 Å². The Hall–Kier alpha value is -0.460. The number of piperidine rings is 1. The summed E-state index contributed by atoms with van der Waals surface area (Å²) >= 11 is 1.19. The molecule has 0 radical (unpaired) electrons. The van der Waals surface area contributed by atoms with Crippen LogP contribution in [0.2, 0.25) is 0 Å². The van der Waals surface area contributed by atoms with Gasteiger partial charge in [-0.2, -0.15) is 31.7 Å². The lowest BCUT2D eigenvalue weighted by Crippen LogP contribution is -2.56. The lowest BCUT2D eigenvalue weighted by Gasteiger charge is -2.42. The molecule has 35 heavy (non-hydrogen) atoms. The Morgan fingerprint density at radius 2 is 1.74 bits per heavy atom. The molecule has 0 unspecified atom stereocenters. The predicted octanol–water partition coefficient (Wildman–Crippen LogP) is 6.20. The van der Waals surface area contributed by atoms with E-state index >= 15 is 0 Å². The molecule has 206 valence electrons. The number of hydrogen-bond donors (Lipinski definition) is 0. The maximum absolute atomic E-state index is 13.0. The molecule has 2 aliphatic rings. The maximum Gasteiger partial charge on any atom is 0.389 e. The van der Waals surface area contributed by atoms with Crippen LogP contribution < -0.4 is 0 Å². The van der Waals surface area contributed by atoms with Gasteiger partial charge in [0.25, 0.3) is 0 Å². The van der Waals surface area contributed by atoms with Gasteiger partial charge in [-0.05, 0) is 58.8 Å². The molecule has 2 aliphatic heterocycles. The second-order valence-electron chi connectivity index (χ2n) is 10.2.